The maximum absolute atomic E-state index is 15.3. The number of phenols is 1. The lowest BCUT2D eigenvalue weighted by Gasteiger charge is -2.51. The van der Waals surface area contributed by atoms with E-state index in [1.165, 1.54) is 9.80 Å². The number of hydrogen-bond acceptors (Lipinski definition) is 5. The Morgan fingerprint density at radius 2 is 1.41 bits per heavy atom. The molecule has 6 atom stereocenters. The predicted molar refractivity (Wildman–Crippen MR) is 188 cm³/mol. The highest BCUT2D eigenvalue weighted by Gasteiger charge is 2.70. The van der Waals surface area contributed by atoms with Crippen LogP contribution < -0.4 is 9.80 Å². The third-order valence-electron chi connectivity index (χ3n) is 11.1. The first-order valence-corrected chi connectivity index (χ1v) is 17.1. The van der Waals surface area contributed by atoms with Gasteiger partial charge in [0.05, 0.1) is 34.5 Å². The summed E-state index contributed by atoms with van der Waals surface area (Å²) in [5, 5.41) is 11.7. The van der Waals surface area contributed by atoms with Crippen molar-refractivity contribution < 1.29 is 24.3 Å². The molecule has 0 spiro atoms. The van der Waals surface area contributed by atoms with Crippen LogP contribution in [-0.2, 0) is 24.6 Å². The van der Waals surface area contributed by atoms with E-state index in [1.807, 2.05) is 62.4 Å². The molecule has 0 aromatic heterocycles. The van der Waals surface area contributed by atoms with Crippen LogP contribution in [0.5, 0.6) is 5.75 Å². The Balaban J connectivity index is 1.37. The molecule has 1 N–H and O–H groups in total. The average Bonchev–Trinajstić information content (AvgIpc) is 3.48. The van der Waals surface area contributed by atoms with Crippen molar-refractivity contribution in [3.63, 3.8) is 0 Å². The molecule has 2 heterocycles. The summed E-state index contributed by atoms with van der Waals surface area (Å²) >= 11 is 12.5. The van der Waals surface area contributed by atoms with Crippen molar-refractivity contribution in [2.45, 2.75) is 38.0 Å². The first kappa shape index (κ1) is 31.5. The number of amides is 4. The number of aromatic hydroxyl groups is 1. The Morgan fingerprint density at radius 1 is 0.714 bits per heavy atom. The van der Waals surface area contributed by atoms with E-state index in [0.29, 0.717) is 44.5 Å². The second-order valence-corrected chi connectivity index (χ2v) is 14.5. The molecule has 0 bridgehead atoms. The van der Waals surface area contributed by atoms with Crippen molar-refractivity contribution in [2.75, 3.05) is 9.80 Å². The Bertz CT molecular complexity index is 2090. The van der Waals surface area contributed by atoms with E-state index >= 15 is 4.79 Å². The molecule has 4 aromatic rings. The van der Waals surface area contributed by atoms with Crippen molar-refractivity contribution >= 4 is 58.2 Å². The van der Waals surface area contributed by atoms with Crippen molar-refractivity contribution in [3.05, 3.63) is 135 Å². The second kappa shape index (κ2) is 11.4. The number of hydrogen-bond donors (Lipinski definition) is 1. The monoisotopic (exact) mass is 690 g/mol. The Morgan fingerprint density at radius 3 is 2.08 bits per heavy atom. The van der Waals surface area contributed by atoms with Crippen LogP contribution >= 0.6 is 23.2 Å². The number of allylic oxidation sites excluding steroid dienone is 2. The molecule has 2 aliphatic carbocycles. The summed E-state index contributed by atoms with van der Waals surface area (Å²) < 4.78 is 0. The lowest BCUT2D eigenvalue weighted by atomic mass is 9.49. The molecule has 9 heteroatoms. The molecular weight excluding hydrogens is 659 g/mol. The molecular formula is C40H32Cl2N2O5. The van der Waals surface area contributed by atoms with Crippen molar-refractivity contribution in [1.29, 1.82) is 0 Å². The van der Waals surface area contributed by atoms with Gasteiger partial charge >= 0.3 is 0 Å². The molecule has 246 valence electrons. The van der Waals surface area contributed by atoms with Gasteiger partial charge in [0.1, 0.15) is 5.75 Å². The Labute approximate surface area is 293 Å². The lowest BCUT2D eigenvalue weighted by molar-refractivity contribution is -0.127. The fourth-order valence-corrected chi connectivity index (χ4v) is 9.43. The molecule has 0 radical (unpaired) electrons. The van der Waals surface area contributed by atoms with Gasteiger partial charge in [0.2, 0.25) is 23.6 Å². The number of halogens is 2. The number of carbonyl (C=O) groups excluding carboxylic acids is 4. The quantitative estimate of drug-likeness (QED) is 0.175. The molecule has 4 aromatic carbocycles. The average molecular weight is 692 g/mol. The predicted octanol–water partition coefficient (Wildman–Crippen LogP) is 7.68. The first-order valence-electron chi connectivity index (χ1n) is 16.4. The van der Waals surface area contributed by atoms with Crippen molar-refractivity contribution in [2.24, 2.45) is 23.7 Å². The van der Waals surface area contributed by atoms with Crippen molar-refractivity contribution in [3.8, 4) is 5.75 Å². The molecule has 3 fully saturated rings. The van der Waals surface area contributed by atoms with Gasteiger partial charge in [-0.2, -0.15) is 0 Å². The van der Waals surface area contributed by atoms with E-state index in [4.69, 9.17) is 23.2 Å². The fraction of sp³-hybridized carbons (Fsp3) is 0.250. The number of anilines is 2. The number of benzene rings is 4. The SMILES string of the molecule is Cc1cc(C2C3=CCC4C(=O)N(c5ccc(Cl)cc5)C(=O)C4C3CC3C(=O)N(c4cccc(Cl)c4)C(=O)C32c2ccccc2)cc(C)c1O. The zero-order valence-corrected chi connectivity index (χ0v) is 28.3. The number of nitrogens with zero attached hydrogens (tertiary/aromatic N) is 2. The largest absolute Gasteiger partial charge is 0.507 e. The van der Waals surface area contributed by atoms with Crippen LogP contribution in [0.15, 0.2) is 103 Å². The highest BCUT2D eigenvalue weighted by molar-refractivity contribution is 6.32. The van der Waals surface area contributed by atoms with Crippen LogP contribution in [0, 0.1) is 37.5 Å². The minimum atomic E-state index is -1.38. The second-order valence-electron chi connectivity index (χ2n) is 13.6. The zero-order valence-electron chi connectivity index (χ0n) is 26.8. The van der Waals surface area contributed by atoms with Gasteiger partial charge in [-0.05, 0) is 97.3 Å². The number of rotatable bonds is 4. The molecule has 1 saturated carbocycles. The van der Waals surface area contributed by atoms with Gasteiger partial charge < -0.3 is 5.11 Å². The first-order chi connectivity index (χ1) is 23.5. The van der Waals surface area contributed by atoms with Gasteiger partial charge in [-0.15, -0.1) is 0 Å². The van der Waals surface area contributed by atoms with Crippen LogP contribution in [0.2, 0.25) is 10.0 Å². The number of imide groups is 2. The zero-order chi connectivity index (χ0) is 34.4. The van der Waals surface area contributed by atoms with E-state index < -0.39 is 35.0 Å². The van der Waals surface area contributed by atoms with Crippen LogP contribution in [0.1, 0.15) is 41.0 Å². The lowest BCUT2D eigenvalue weighted by Crippen LogP contribution is -2.53. The summed E-state index contributed by atoms with van der Waals surface area (Å²) in [4.78, 5) is 61.1. The highest BCUT2D eigenvalue weighted by Crippen LogP contribution is 2.64. The fourth-order valence-electron chi connectivity index (χ4n) is 9.12. The number of aryl methyl sites for hydroxylation is 2. The van der Waals surface area contributed by atoms with Gasteiger partial charge in [0.25, 0.3) is 0 Å². The molecule has 4 amide bonds. The van der Waals surface area contributed by atoms with Gasteiger partial charge in [0, 0.05) is 16.0 Å². The van der Waals surface area contributed by atoms with E-state index in [-0.39, 0.29) is 35.8 Å². The van der Waals surface area contributed by atoms with E-state index in [9.17, 15) is 19.5 Å². The highest BCUT2D eigenvalue weighted by atomic mass is 35.5. The van der Waals surface area contributed by atoms with Gasteiger partial charge in [0.15, 0.2) is 0 Å². The third-order valence-corrected chi connectivity index (χ3v) is 11.6. The number of phenolic OH excluding ortho intramolecular Hbond substituents is 1. The topological polar surface area (TPSA) is 95.0 Å². The maximum atomic E-state index is 15.3. The molecule has 8 rings (SSSR count). The number of fused-ring (bicyclic) bond motifs is 4. The van der Waals surface area contributed by atoms with Gasteiger partial charge in [-0.3, -0.25) is 24.1 Å². The van der Waals surface area contributed by atoms with Gasteiger partial charge in [-0.25, -0.2) is 4.90 Å². The summed E-state index contributed by atoms with van der Waals surface area (Å²) in [5.74, 6) is -4.56. The van der Waals surface area contributed by atoms with Crippen LogP contribution in [-0.4, -0.2) is 28.7 Å². The van der Waals surface area contributed by atoms with E-state index in [0.717, 1.165) is 11.1 Å². The maximum Gasteiger partial charge on any atom is 0.246 e. The van der Waals surface area contributed by atoms with Crippen LogP contribution in [0.4, 0.5) is 11.4 Å². The minimum Gasteiger partial charge on any atom is -0.507 e. The Hall–Kier alpha value is -4.72. The van der Waals surface area contributed by atoms with E-state index in [2.05, 4.69) is 0 Å². The molecule has 2 saturated heterocycles. The molecule has 7 nitrogen and oxygen atoms in total. The van der Waals surface area contributed by atoms with Gasteiger partial charge in [-0.1, -0.05) is 83.4 Å². The molecule has 49 heavy (non-hydrogen) atoms. The van der Waals surface area contributed by atoms with E-state index in [1.54, 1.807) is 48.5 Å². The Kier molecular flexibility index (Phi) is 7.36. The summed E-state index contributed by atoms with van der Waals surface area (Å²) in [6, 6.07) is 26.5. The molecule has 2 aliphatic heterocycles. The third kappa shape index (κ3) is 4.48. The molecule has 6 unspecified atom stereocenters. The normalized spacial score (nSPS) is 27.6. The summed E-state index contributed by atoms with van der Waals surface area (Å²) in [7, 11) is 0. The summed E-state index contributed by atoms with van der Waals surface area (Å²) in [6.07, 6.45) is 2.54. The summed E-state index contributed by atoms with van der Waals surface area (Å²) in [5.41, 5.74) is 3.02. The molecule has 4 aliphatic rings. The van der Waals surface area contributed by atoms with Crippen LogP contribution in [0.3, 0.4) is 0 Å². The van der Waals surface area contributed by atoms with Crippen molar-refractivity contribution in [1.82, 2.24) is 0 Å². The van der Waals surface area contributed by atoms with Crippen LogP contribution in [0.25, 0.3) is 0 Å². The smallest absolute Gasteiger partial charge is 0.246 e. The minimum absolute atomic E-state index is 0.156. The standard InChI is InChI=1S/C40H32Cl2N2O5/c1-21-17-23(18-22(2)35(21)45)34-29-15-16-30-33(38(48)43(36(30)46)27-13-11-25(41)12-14-27)31(29)20-32-37(47)44(28-10-6-9-26(42)19-28)39(49)40(32,34)24-7-4-3-5-8-24/h3-15,17-19,30-34,45H,16,20H2,1-2H3. The number of carbonyl (C=O) groups is 4. The summed E-state index contributed by atoms with van der Waals surface area (Å²) in [6.45, 7) is 3.63.